The molecule has 1 aliphatic heterocycles. The first kappa shape index (κ1) is 40.5. The van der Waals surface area contributed by atoms with Gasteiger partial charge in [0.2, 0.25) is 18.9 Å². The molecular formula is C26H41O19P. The zero-order valence-electron chi connectivity index (χ0n) is 27.1. The Balaban J connectivity index is 3.59. The summed E-state index contributed by atoms with van der Waals surface area (Å²) in [5.41, 5.74) is 0. The normalized spacial score (nSPS) is 23.6. The maximum absolute atomic E-state index is 14.1. The summed E-state index contributed by atoms with van der Waals surface area (Å²) in [6.45, 7) is 11.7. The molecule has 0 aliphatic carbocycles. The van der Waals surface area contributed by atoms with E-state index in [1.807, 2.05) is 0 Å². The highest BCUT2D eigenvalue weighted by Gasteiger charge is 2.55. The second-order valence-electron chi connectivity index (χ2n) is 10.0. The number of phosphoric acid groups is 1. The third-order valence-corrected chi connectivity index (χ3v) is 6.50. The van der Waals surface area contributed by atoms with Gasteiger partial charge in [0.15, 0.2) is 18.3 Å². The molecule has 0 N–H and O–H groups in total. The van der Waals surface area contributed by atoms with Crippen LogP contribution in [0.1, 0.15) is 69.2 Å². The van der Waals surface area contributed by atoms with E-state index in [2.05, 4.69) is 0 Å². The Kier molecular flexibility index (Phi) is 16.4. The molecule has 0 bridgehead atoms. The molecule has 2 unspecified atom stereocenters. The molecule has 1 rings (SSSR count). The van der Waals surface area contributed by atoms with Crippen molar-refractivity contribution in [3.05, 3.63) is 0 Å². The number of phosphoric ester groups is 1. The Hall–Kier alpha value is -3.51. The van der Waals surface area contributed by atoms with Crippen LogP contribution >= 0.6 is 7.82 Å². The number of carbonyl (C=O) groups is 6. The van der Waals surface area contributed by atoms with Gasteiger partial charge in [0, 0.05) is 27.7 Å². The largest absolute Gasteiger partial charge is 0.510 e. The van der Waals surface area contributed by atoms with Crippen molar-refractivity contribution in [3.8, 4) is 0 Å². The third-order valence-electron chi connectivity index (χ3n) is 4.92. The smallest absolute Gasteiger partial charge is 0.463 e. The molecule has 0 radical (unpaired) electrons. The van der Waals surface area contributed by atoms with Crippen molar-refractivity contribution in [2.24, 2.45) is 0 Å². The average molecular weight is 689 g/mol. The number of carbonyl (C=O) groups excluding carboxylic acids is 6. The number of esters is 4. The summed E-state index contributed by atoms with van der Waals surface area (Å²) in [6.07, 6.45) is -15.8. The van der Waals surface area contributed by atoms with E-state index in [1.54, 1.807) is 0 Å². The molecule has 7 atom stereocenters. The molecule has 264 valence electrons. The number of ether oxygens (including phenoxy) is 9. The minimum atomic E-state index is -5.17. The van der Waals surface area contributed by atoms with Crippen LogP contribution in [0.4, 0.5) is 9.59 Å². The van der Waals surface area contributed by atoms with Crippen LogP contribution in [0.2, 0.25) is 0 Å². The Morgan fingerprint density at radius 3 is 1.41 bits per heavy atom. The summed E-state index contributed by atoms with van der Waals surface area (Å²) in [6, 6.07) is 0. The first-order chi connectivity index (χ1) is 21.2. The fourth-order valence-electron chi connectivity index (χ4n) is 3.59. The molecule has 0 aromatic rings. The van der Waals surface area contributed by atoms with Crippen molar-refractivity contribution in [3.63, 3.8) is 0 Å². The van der Waals surface area contributed by atoms with Crippen LogP contribution in [-0.2, 0) is 79.9 Å². The highest BCUT2D eigenvalue weighted by atomic mass is 31.2. The molecule has 0 saturated carbocycles. The number of hydrogen-bond acceptors (Lipinski definition) is 19. The zero-order chi connectivity index (χ0) is 35.4. The molecular weight excluding hydrogens is 647 g/mol. The van der Waals surface area contributed by atoms with Crippen LogP contribution < -0.4 is 0 Å². The lowest BCUT2D eigenvalue weighted by Crippen LogP contribution is -2.62. The van der Waals surface area contributed by atoms with Gasteiger partial charge in [0.1, 0.15) is 12.7 Å². The van der Waals surface area contributed by atoms with Crippen LogP contribution in [0.25, 0.3) is 0 Å². The van der Waals surface area contributed by atoms with Gasteiger partial charge in [0.25, 0.3) is 0 Å². The number of rotatable bonds is 15. The molecule has 19 nitrogen and oxygen atoms in total. The van der Waals surface area contributed by atoms with Crippen molar-refractivity contribution in [2.45, 2.75) is 125 Å². The van der Waals surface area contributed by atoms with Crippen molar-refractivity contribution < 1.29 is 89.5 Å². The van der Waals surface area contributed by atoms with Crippen LogP contribution in [0.3, 0.4) is 0 Å². The van der Waals surface area contributed by atoms with E-state index < -0.39 is 106 Å². The van der Waals surface area contributed by atoms with Crippen LogP contribution in [0.5, 0.6) is 0 Å². The zero-order valence-corrected chi connectivity index (χ0v) is 28.0. The second kappa shape index (κ2) is 18.6. The highest BCUT2D eigenvalue weighted by molar-refractivity contribution is 7.48. The summed E-state index contributed by atoms with van der Waals surface area (Å²) >= 11 is 0. The molecule has 0 aromatic carbocycles. The van der Waals surface area contributed by atoms with E-state index in [4.69, 9.17) is 56.2 Å². The maximum atomic E-state index is 14.1. The minimum Gasteiger partial charge on any atom is -0.463 e. The van der Waals surface area contributed by atoms with Gasteiger partial charge >= 0.3 is 44.0 Å². The molecule has 20 heteroatoms. The Morgan fingerprint density at radius 2 is 1.02 bits per heavy atom. The SMILES string of the molecule is CC(=O)OC[C@H]1O[C@H](OP(=O)(OC(C)OC(=O)OC(C)C)OC(C)OC(=O)OC(C)C)[C@@H](OC(C)=O)[C@@H](OC(C)=O)[C@@H]1OC(C)=O. The molecule has 0 spiro atoms. The topological polar surface area (TPSA) is 230 Å². The summed E-state index contributed by atoms with van der Waals surface area (Å²) in [5, 5.41) is 0. The lowest BCUT2D eigenvalue weighted by Gasteiger charge is -2.44. The van der Waals surface area contributed by atoms with Gasteiger partial charge in [-0.05, 0) is 41.5 Å². The molecule has 46 heavy (non-hydrogen) atoms. The first-order valence-electron chi connectivity index (χ1n) is 13.9. The lowest BCUT2D eigenvalue weighted by atomic mass is 9.98. The van der Waals surface area contributed by atoms with Crippen LogP contribution in [0.15, 0.2) is 0 Å². The monoisotopic (exact) mass is 688 g/mol. The van der Waals surface area contributed by atoms with E-state index in [-0.39, 0.29) is 0 Å². The molecule has 1 heterocycles. The van der Waals surface area contributed by atoms with Gasteiger partial charge in [-0.2, -0.15) is 0 Å². The summed E-state index contributed by atoms with van der Waals surface area (Å²) in [4.78, 5) is 71.8. The molecule has 0 aromatic heterocycles. The van der Waals surface area contributed by atoms with Crippen molar-refractivity contribution in [1.82, 2.24) is 0 Å². The van der Waals surface area contributed by atoms with E-state index in [0.29, 0.717) is 0 Å². The molecule has 1 saturated heterocycles. The predicted molar refractivity (Wildman–Crippen MR) is 147 cm³/mol. The van der Waals surface area contributed by atoms with Crippen molar-refractivity contribution >= 4 is 44.0 Å². The second-order valence-corrected chi connectivity index (χ2v) is 11.6. The van der Waals surface area contributed by atoms with Gasteiger partial charge in [-0.3, -0.25) is 23.7 Å². The van der Waals surface area contributed by atoms with E-state index in [0.717, 1.165) is 41.5 Å². The Bertz CT molecular complexity index is 1090. The minimum absolute atomic E-state index is 0.600. The fraction of sp³-hybridized carbons (Fsp3) is 0.769. The van der Waals surface area contributed by atoms with Gasteiger partial charge in [-0.25, -0.2) is 23.2 Å². The molecule has 0 amide bonds. The Labute approximate surface area is 265 Å². The standard InChI is InChI=1S/C26H41O19P/c1-12(2)35-25(31)40-18(9)43-46(33,44-19(10)41-26(32)36-13(3)4)45-24-23(39-17(8)30)22(38-16(7)29)21(37-15(6)28)20(42-24)11-34-14(5)27/h12-13,18-24H,11H2,1-10H3/t18?,19?,20-,21-,22+,23+,24-,46?/m1/s1. The van der Waals surface area contributed by atoms with Crippen molar-refractivity contribution in [2.75, 3.05) is 6.61 Å². The van der Waals surface area contributed by atoms with Crippen molar-refractivity contribution in [1.29, 1.82) is 0 Å². The van der Waals surface area contributed by atoms with Gasteiger partial charge in [0.05, 0.1) is 12.2 Å². The third kappa shape index (κ3) is 15.2. The maximum Gasteiger partial charge on any atom is 0.510 e. The quantitative estimate of drug-likeness (QED) is 0.104. The molecule has 1 aliphatic rings. The van der Waals surface area contributed by atoms with Gasteiger partial charge in [-0.1, -0.05) is 0 Å². The first-order valence-corrected chi connectivity index (χ1v) is 15.4. The highest BCUT2D eigenvalue weighted by Crippen LogP contribution is 2.54. The Morgan fingerprint density at radius 1 is 0.609 bits per heavy atom. The van der Waals surface area contributed by atoms with E-state index in [1.165, 1.54) is 27.7 Å². The summed E-state index contributed by atoms with van der Waals surface area (Å²) in [5.74, 6) is -3.62. The summed E-state index contributed by atoms with van der Waals surface area (Å²) in [7, 11) is -5.17. The fourth-order valence-corrected chi connectivity index (χ4v) is 4.98. The van der Waals surface area contributed by atoms with Gasteiger partial charge < -0.3 is 42.6 Å². The molecule has 1 fully saturated rings. The van der Waals surface area contributed by atoms with Crippen LogP contribution in [-0.4, -0.2) is 98.3 Å². The van der Waals surface area contributed by atoms with E-state index >= 15 is 0 Å². The van der Waals surface area contributed by atoms with Gasteiger partial charge in [-0.15, -0.1) is 0 Å². The summed E-state index contributed by atoms with van der Waals surface area (Å²) < 4.78 is 76.3. The average Bonchev–Trinajstić information content (AvgIpc) is 2.83. The van der Waals surface area contributed by atoms with Crippen LogP contribution in [0, 0.1) is 0 Å². The van der Waals surface area contributed by atoms with E-state index in [9.17, 15) is 33.3 Å². The predicted octanol–water partition coefficient (Wildman–Crippen LogP) is 3.04. The lowest BCUT2D eigenvalue weighted by molar-refractivity contribution is -0.293. The number of hydrogen-bond donors (Lipinski definition) is 0.